The van der Waals surface area contributed by atoms with E-state index in [1.54, 1.807) is 0 Å². The van der Waals surface area contributed by atoms with Gasteiger partial charge in [0.2, 0.25) is 0 Å². The molecule has 0 aromatic heterocycles. The van der Waals surface area contributed by atoms with E-state index in [-0.39, 0.29) is 0 Å². The lowest BCUT2D eigenvalue weighted by Crippen LogP contribution is -2.55. The average Bonchev–Trinajstić information content (AvgIpc) is 2.10. The van der Waals surface area contributed by atoms with Gasteiger partial charge in [0.15, 0.2) is 0 Å². The van der Waals surface area contributed by atoms with E-state index in [1.807, 2.05) is 4.74 Å². The highest BCUT2D eigenvalue weighted by atomic mass is 127. The quantitative estimate of drug-likeness (QED) is 0.246. The van der Waals surface area contributed by atoms with Crippen LogP contribution >= 0.6 is 22.6 Å². The fourth-order valence-electron chi connectivity index (χ4n) is 0.580. The van der Waals surface area contributed by atoms with Crippen molar-refractivity contribution in [2.75, 3.05) is 0 Å². The normalized spacial score (nSPS) is 15.6. The Morgan fingerprint density at radius 1 is 0.857 bits per heavy atom. The third-order valence-electron chi connectivity index (χ3n) is 1.44. The summed E-state index contributed by atoms with van der Waals surface area (Å²) in [6, 6.07) is 0. The molecule has 0 aliphatic carbocycles. The summed E-state index contributed by atoms with van der Waals surface area (Å²) in [6.07, 6.45) is -13.1. The Morgan fingerprint density at radius 2 is 1.24 bits per heavy atom. The minimum Gasteiger partial charge on any atom is -0.244 e. The van der Waals surface area contributed by atoms with Gasteiger partial charge in [-0.2, -0.15) is 56.5 Å². The van der Waals surface area contributed by atoms with Crippen molar-refractivity contribution in [3.05, 3.63) is 0 Å². The second kappa shape index (κ2) is 5.84. The van der Waals surface area contributed by atoms with Gasteiger partial charge in [-0.1, -0.05) is 0 Å². The van der Waals surface area contributed by atoms with Gasteiger partial charge in [-0.15, -0.1) is 0 Å². The second-order valence-electron chi connectivity index (χ2n) is 2.96. The van der Waals surface area contributed by atoms with E-state index in [0.29, 0.717) is 0 Å². The molecule has 0 fully saturated rings. The van der Waals surface area contributed by atoms with Crippen LogP contribution in [0.25, 0.3) is 0 Å². The third-order valence-corrected chi connectivity index (χ3v) is 3.33. The maximum atomic E-state index is 12.8. The zero-order valence-corrected chi connectivity index (χ0v) is 11.8. The van der Waals surface area contributed by atoms with Crippen LogP contribution in [-0.2, 0) is 19.0 Å². The lowest BCUT2D eigenvalue weighted by atomic mass is 10.6. The molecule has 0 spiro atoms. The summed E-state index contributed by atoms with van der Waals surface area (Å²) in [7, 11) is -7.17. The first-order valence-electron chi connectivity index (χ1n) is 3.99. The van der Waals surface area contributed by atoms with E-state index in [9.17, 15) is 52.3 Å². The van der Waals surface area contributed by atoms with Gasteiger partial charge in [0, 0.05) is 22.6 Å². The molecular formula is C5HF10IO4S. The number of hydrogen-bond donors (Lipinski definition) is 0. The van der Waals surface area contributed by atoms with Gasteiger partial charge in [-0.3, -0.25) is 0 Å². The maximum absolute atomic E-state index is 12.8. The molecule has 0 aliphatic rings. The Labute approximate surface area is 122 Å². The molecule has 0 aromatic rings. The van der Waals surface area contributed by atoms with Crippen molar-refractivity contribution in [3.63, 3.8) is 0 Å². The van der Waals surface area contributed by atoms with E-state index in [2.05, 4.69) is 4.18 Å². The Bertz CT molecular complexity index is 470. The van der Waals surface area contributed by atoms with Crippen molar-refractivity contribution in [3.8, 4) is 0 Å². The fraction of sp³-hybridized carbons (Fsp3) is 1.00. The van der Waals surface area contributed by atoms with Crippen molar-refractivity contribution >= 4 is 32.7 Å². The molecule has 0 N–H and O–H groups in total. The SMILES string of the molecule is O=S(=O)(OC(F)F)C(F)(F)C(F)(F)OC(F)(F)C(F)(F)I. The van der Waals surface area contributed by atoms with Crippen molar-refractivity contribution in [2.24, 2.45) is 0 Å². The molecule has 21 heavy (non-hydrogen) atoms. The highest BCUT2D eigenvalue weighted by molar-refractivity contribution is 14.1. The molecule has 0 aliphatic heterocycles. The van der Waals surface area contributed by atoms with E-state index < -0.39 is 60.7 Å². The molecular weight excluding hydrogens is 473 g/mol. The number of hydrogen-bond acceptors (Lipinski definition) is 4. The highest BCUT2D eigenvalue weighted by Crippen LogP contribution is 2.49. The molecule has 0 bridgehead atoms. The van der Waals surface area contributed by atoms with Crippen LogP contribution in [-0.4, -0.2) is 36.4 Å². The molecule has 0 saturated heterocycles. The first-order valence-corrected chi connectivity index (χ1v) is 6.47. The molecule has 16 heteroatoms. The predicted octanol–water partition coefficient (Wildman–Crippen LogP) is 3.38. The van der Waals surface area contributed by atoms with Gasteiger partial charge in [0.05, 0.1) is 0 Å². The molecule has 0 unspecified atom stereocenters. The zero-order valence-electron chi connectivity index (χ0n) is 8.78. The number of halogens is 11. The molecule has 0 saturated carbocycles. The fourth-order valence-corrected chi connectivity index (χ4v) is 1.34. The highest BCUT2D eigenvalue weighted by Gasteiger charge is 2.74. The van der Waals surface area contributed by atoms with Crippen LogP contribution in [0.3, 0.4) is 0 Å². The number of rotatable bonds is 7. The largest absolute Gasteiger partial charge is 0.460 e. The number of alkyl halides is 11. The predicted molar refractivity (Wildman–Crippen MR) is 50.9 cm³/mol. The summed E-state index contributed by atoms with van der Waals surface area (Å²) in [4.78, 5) is 0. The molecule has 0 rings (SSSR count). The Hall–Kier alpha value is -0.100. The average molecular weight is 474 g/mol. The summed E-state index contributed by atoms with van der Waals surface area (Å²) in [6.45, 7) is -4.54. The molecule has 0 amide bonds. The summed E-state index contributed by atoms with van der Waals surface area (Å²) in [5.41, 5.74) is 0. The van der Waals surface area contributed by atoms with Crippen molar-refractivity contribution in [1.82, 2.24) is 0 Å². The summed E-state index contributed by atoms with van der Waals surface area (Å²) >= 11 is -0.459. The zero-order chi connectivity index (χ0) is 17.5. The van der Waals surface area contributed by atoms with Gasteiger partial charge in [-0.05, 0) is 0 Å². The first kappa shape index (κ1) is 20.9. The van der Waals surface area contributed by atoms with Gasteiger partial charge in [0.25, 0.3) is 0 Å². The van der Waals surface area contributed by atoms with Crippen LogP contribution in [0.2, 0.25) is 0 Å². The Kier molecular flexibility index (Phi) is 5.81. The summed E-state index contributed by atoms with van der Waals surface area (Å²) in [5, 5.41) is -6.80. The van der Waals surface area contributed by atoms with Crippen LogP contribution in [0.4, 0.5) is 43.9 Å². The van der Waals surface area contributed by atoms with Crippen LogP contribution in [0.15, 0.2) is 0 Å². The lowest BCUT2D eigenvalue weighted by molar-refractivity contribution is -0.439. The topological polar surface area (TPSA) is 52.6 Å². The smallest absolute Gasteiger partial charge is 0.244 e. The van der Waals surface area contributed by atoms with Gasteiger partial charge in [-0.25, -0.2) is 4.74 Å². The molecule has 0 aromatic carbocycles. The van der Waals surface area contributed by atoms with Crippen LogP contribution in [0.5, 0.6) is 0 Å². The second-order valence-corrected chi connectivity index (χ2v) is 5.93. The minimum absolute atomic E-state index is 0.459. The van der Waals surface area contributed by atoms with Crippen molar-refractivity contribution in [1.29, 1.82) is 0 Å². The molecule has 0 radical (unpaired) electrons. The standard InChI is InChI=1S/C5HF10IO4S/c6-1(7)19-21(17,18)5(14,15)4(12,13)20-3(10,11)2(8,9)16/h1H. The van der Waals surface area contributed by atoms with Crippen LogP contribution < -0.4 is 0 Å². The lowest BCUT2D eigenvalue weighted by Gasteiger charge is -2.30. The van der Waals surface area contributed by atoms with Crippen LogP contribution in [0, 0.1) is 0 Å². The minimum atomic E-state index is -7.17. The van der Waals surface area contributed by atoms with Crippen LogP contribution in [0.1, 0.15) is 0 Å². The summed E-state index contributed by atoms with van der Waals surface area (Å²) < 4.78 is 142. The van der Waals surface area contributed by atoms with E-state index in [0.717, 1.165) is 0 Å². The maximum Gasteiger partial charge on any atom is 0.460 e. The summed E-state index contributed by atoms with van der Waals surface area (Å²) in [5.74, 6) is 0. The van der Waals surface area contributed by atoms with Gasteiger partial charge < -0.3 is 0 Å². The molecule has 0 atom stereocenters. The van der Waals surface area contributed by atoms with Crippen molar-refractivity contribution < 1.29 is 61.2 Å². The van der Waals surface area contributed by atoms with E-state index in [4.69, 9.17) is 0 Å². The number of ether oxygens (including phenoxy) is 1. The molecule has 0 heterocycles. The van der Waals surface area contributed by atoms with E-state index >= 15 is 0 Å². The van der Waals surface area contributed by atoms with Gasteiger partial charge >= 0.3 is 38.1 Å². The molecule has 4 nitrogen and oxygen atoms in total. The monoisotopic (exact) mass is 474 g/mol. The third kappa shape index (κ3) is 4.44. The van der Waals surface area contributed by atoms with Gasteiger partial charge in [0.1, 0.15) is 0 Å². The Morgan fingerprint density at radius 3 is 1.52 bits per heavy atom. The first-order chi connectivity index (χ1) is 8.87. The van der Waals surface area contributed by atoms with Crippen molar-refractivity contribution in [2.45, 2.75) is 28.0 Å². The van der Waals surface area contributed by atoms with E-state index in [1.165, 1.54) is 0 Å². The molecule has 128 valence electrons. The Balaban J connectivity index is 5.60.